The summed E-state index contributed by atoms with van der Waals surface area (Å²) in [5.41, 5.74) is 5.02. The van der Waals surface area contributed by atoms with Gasteiger partial charge in [0.1, 0.15) is 11.5 Å². The zero-order valence-electron chi connectivity index (χ0n) is 25.9. The van der Waals surface area contributed by atoms with Crippen molar-refractivity contribution in [1.82, 2.24) is 0 Å². The van der Waals surface area contributed by atoms with Crippen LogP contribution in [-0.2, 0) is 14.9 Å². The van der Waals surface area contributed by atoms with Gasteiger partial charge in [0.05, 0.1) is 4.90 Å². The molecule has 45 heavy (non-hydrogen) atoms. The SMILES string of the molecule is COC.Cc1ccc(C(=O)c2ccc(Oc3ccccc3)cc2)cc1.Cc1ccc(C)c(C(=O)c2cccc(S(=O)(=O)O)c2)c1. The van der Waals surface area contributed by atoms with Crippen molar-refractivity contribution in [2.75, 3.05) is 14.2 Å². The highest BCUT2D eigenvalue weighted by atomic mass is 32.2. The second-order valence-electron chi connectivity index (χ2n) is 10.2. The maximum absolute atomic E-state index is 12.4. The van der Waals surface area contributed by atoms with Crippen molar-refractivity contribution in [2.45, 2.75) is 25.7 Å². The normalized spacial score (nSPS) is 10.4. The lowest BCUT2D eigenvalue weighted by molar-refractivity contribution is 0.103. The topological polar surface area (TPSA) is 107 Å². The first-order valence-corrected chi connectivity index (χ1v) is 15.4. The number of rotatable bonds is 7. The van der Waals surface area contributed by atoms with Crippen LogP contribution in [0, 0.1) is 20.8 Å². The Morgan fingerprint density at radius 3 is 1.69 bits per heavy atom. The molecule has 0 saturated heterocycles. The minimum Gasteiger partial charge on any atom is -0.457 e. The van der Waals surface area contributed by atoms with E-state index < -0.39 is 10.1 Å². The minimum atomic E-state index is -4.31. The van der Waals surface area contributed by atoms with E-state index in [9.17, 15) is 18.0 Å². The number of ketones is 2. The van der Waals surface area contributed by atoms with Crippen LogP contribution in [0.25, 0.3) is 0 Å². The van der Waals surface area contributed by atoms with Gasteiger partial charge >= 0.3 is 0 Å². The molecule has 0 fully saturated rings. The summed E-state index contributed by atoms with van der Waals surface area (Å²) >= 11 is 0. The Morgan fingerprint density at radius 2 is 1.11 bits per heavy atom. The first-order valence-electron chi connectivity index (χ1n) is 14.0. The molecule has 1 N–H and O–H groups in total. The molecule has 0 unspecified atom stereocenters. The molecular weight excluding hydrogens is 588 g/mol. The van der Waals surface area contributed by atoms with Gasteiger partial charge in [-0.1, -0.05) is 77.9 Å². The Morgan fingerprint density at radius 1 is 0.578 bits per heavy atom. The molecule has 5 rings (SSSR count). The van der Waals surface area contributed by atoms with Gasteiger partial charge in [-0.3, -0.25) is 14.1 Å². The third kappa shape index (κ3) is 10.4. The smallest absolute Gasteiger partial charge is 0.294 e. The number of para-hydroxylation sites is 1. The highest BCUT2D eigenvalue weighted by Gasteiger charge is 2.16. The zero-order chi connectivity index (χ0) is 33.0. The third-order valence-corrected chi connectivity index (χ3v) is 7.29. The second-order valence-corrected chi connectivity index (χ2v) is 11.6. The van der Waals surface area contributed by atoms with E-state index >= 15 is 0 Å². The molecule has 0 spiro atoms. The summed E-state index contributed by atoms with van der Waals surface area (Å²) in [4.78, 5) is 24.5. The Hall–Kier alpha value is -4.89. The van der Waals surface area contributed by atoms with Gasteiger partial charge in [-0.2, -0.15) is 8.42 Å². The molecule has 5 aromatic carbocycles. The first kappa shape index (κ1) is 34.6. The molecular formula is C37H36O7S. The summed E-state index contributed by atoms with van der Waals surface area (Å²) < 4.78 is 41.2. The molecule has 0 aliphatic rings. The van der Waals surface area contributed by atoms with Crippen molar-refractivity contribution in [3.05, 3.63) is 160 Å². The average molecular weight is 625 g/mol. The summed E-state index contributed by atoms with van der Waals surface area (Å²) in [7, 11) is -1.06. The van der Waals surface area contributed by atoms with E-state index in [0.29, 0.717) is 22.4 Å². The lowest BCUT2D eigenvalue weighted by Crippen LogP contribution is -2.06. The second kappa shape index (κ2) is 16.3. The fourth-order valence-corrected chi connectivity index (χ4v) is 4.63. The van der Waals surface area contributed by atoms with E-state index in [1.54, 1.807) is 32.4 Å². The predicted molar refractivity (Wildman–Crippen MR) is 176 cm³/mol. The molecule has 8 heteroatoms. The van der Waals surface area contributed by atoms with E-state index in [1.807, 2.05) is 99.6 Å². The van der Waals surface area contributed by atoms with E-state index in [4.69, 9.17) is 9.29 Å². The van der Waals surface area contributed by atoms with Crippen LogP contribution in [0.5, 0.6) is 11.5 Å². The lowest BCUT2D eigenvalue weighted by atomic mass is 9.97. The lowest BCUT2D eigenvalue weighted by Gasteiger charge is -2.07. The zero-order valence-corrected chi connectivity index (χ0v) is 26.7. The first-order chi connectivity index (χ1) is 21.4. The number of carbonyl (C=O) groups is 2. The van der Waals surface area contributed by atoms with Gasteiger partial charge in [0.25, 0.3) is 10.1 Å². The molecule has 0 atom stereocenters. The Kier molecular flexibility index (Phi) is 12.5. The molecule has 7 nitrogen and oxygen atoms in total. The van der Waals surface area contributed by atoms with Crippen LogP contribution >= 0.6 is 0 Å². The van der Waals surface area contributed by atoms with E-state index in [1.165, 1.54) is 24.3 Å². The quantitative estimate of drug-likeness (QED) is 0.144. The molecule has 0 radical (unpaired) electrons. The Labute approximate surface area is 264 Å². The summed E-state index contributed by atoms with van der Waals surface area (Å²) in [5, 5.41) is 0. The predicted octanol–water partition coefficient (Wildman–Crippen LogP) is 8.06. The molecule has 0 aromatic heterocycles. The number of carbonyl (C=O) groups excluding carboxylic acids is 2. The van der Waals surface area contributed by atoms with Gasteiger partial charge in [-0.25, -0.2) is 0 Å². The molecule has 0 saturated carbocycles. The number of benzene rings is 5. The van der Waals surface area contributed by atoms with Crippen LogP contribution in [0.3, 0.4) is 0 Å². The standard InChI is InChI=1S/C20H16O2.C15H14O4S.C2H6O/c1-15-7-9-16(10-8-15)20(21)17-11-13-19(14-12-17)22-18-5-3-2-4-6-18;1-10-6-7-11(2)14(8-10)15(16)12-4-3-5-13(9-12)20(17,18)19;1-3-2/h2-14H,1H3;3-9H,1-2H3,(H,17,18,19);1-2H3. The maximum Gasteiger partial charge on any atom is 0.294 e. The summed E-state index contributed by atoms with van der Waals surface area (Å²) in [5.74, 6) is 1.25. The molecule has 0 aliphatic carbocycles. The van der Waals surface area contributed by atoms with Crippen LogP contribution in [0.1, 0.15) is 48.5 Å². The molecule has 5 aromatic rings. The largest absolute Gasteiger partial charge is 0.457 e. The Bertz CT molecular complexity index is 1830. The number of methoxy groups -OCH3 is 1. The van der Waals surface area contributed by atoms with Crippen LogP contribution in [0.4, 0.5) is 0 Å². The fraction of sp³-hybridized carbons (Fsp3) is 0.135. The molecule has 0 amide bonds. The van der Waals surface area contributed by atoms with Crippen LogP contribution < -0.4 is 4.74 Å². The van der Waals surface area contributed by atoms with Crippen LogP contribution in [0.2, 0.25) is 0 Å². The number of ether oxygens (including phenoxy) is 2. The number of hydrogen-bond acceptors (Lipinski definition) is 6. The molecule has 0 bridgehead atoms. The summed E-state index contributed by atoms with van der Waals surface area (Å²) in [6.07, 6.45) is 0. The van der Waals surface area contributed by atoms with Gasteiger partial charge in [0.15, 0.2) is 11.6 Å². The highest BCUT2D eigenvalue weighted by molar-refractivity contribution is 7.85. The van der Waals surface area contributed by atoms with E-state index in [2.05, 4.69) is 4.74 Å². The van der Waals surface area contributed by atoms with Crippen molar-refractivity contribution < 1.29 is 32.0 Å². The molecule has 0 aliphatic heterocycles. The maximum atomic E-state index is 12.4. The van der Waals surface area contributed by atoms with Gasteiger partial charge in [-0.15, -0.1) is 0 Å². The highest BCUT2D eigenvalue weighted by Crippen LogP contribution is 2.22. The van der Waals surface area contributed by atoms with E-state index in [-0.39, 0.29) is 22.0 Å². The van der Waals surface area contributed by atoms with Crippen molar-refractivity contribution in [2.24, 2.45) is 0 Å². The average Bonchev–Trinajstić information content (AvgIpc) is 3.03. The van der Waals surface area contributed by atoms with Gasteiger partial charge in [-0.05, 0) is 80.9 Å². The third-order valence-electron chi connectivity index (χ3n) is 6.44. The number of hydrogen-bond donors (Lipinski definition) is 1. The van der Waals surface area contributed by atoms with Gasteiger partial charge < -0.3 is 9.47 Å². The number of aryl methyl sites for hydroxylation is 3. The monoisotopic (exact) mass is 624 g/mol. The molecule has 232 valence electrons. The van der Waals surface area contributed by atoms with Crippen molar-refractivity contribution in [3.8, 4) is 11.5 Å². The van der Waals surface area contributed by atoms with Crippen LogP contribution in [-0.4, -0.2) is 38.8 Å². The molecule has 0 heterocycles. The van der Waals surface area contributed by atoms with Crippen molar-refractivity contribution in [1.29, 1.82) is 0 Å². The van der Waals surface area contributed by atoms with Gasteiger partial charge in [0.2, 0.25) is 0 Å². The minimum absolute atomic E-state index is 0.0197. The van der Waals surface area contributed by atoms with Crippen molar-refractivity contribution in [3.63, 3.8) is 0 Å². The van der Waals surface area contributed by atoms with Crippen LogP contribution in [0.15, 0.2) is 126 Å². The van der Waals surface area contributed by atoms with E-state index in [0.717, 1.165) is 22.4 Å². The summed E-state index contributed by atoms with van der Waals surface area (Å²) in [6.45, 7) is 5.70. The Balaban J connectivity index is 0.000000227. The van der Waals surface area contributed by atoms with Gasteiger partial charge in [0, 0.05) is 36.5 Å². The fourth-order valence-electron chi connectivity index (χ4n) is 4.10. The summed E-state index contributed by atoms with van der Waals surface area (Å²) in [6, 6.07) is 35.3. The van der Waals surface area contributed by atoms with Crippen molar-refractivity contribution >= 4 is 21.7 Å².